The van der Waals surface area contributed by atoms with Crippen LogP contribution < -0.4 is 0 Å². The smallest absolute Gasteiger partial charge is 0.461 e. The van der Waals surface area contributed by atoms with Crippen molar-refractivity contribution in [2.45, 2.75) is 65.4 Å². The lowest BCUT2D eigenvalue weighted by Gasteiger charge is -2.18. The second-order valence-electron chi connectivity index (χ2n) is 5.32. The maximum atomic E-state index is 12.0. The lowest BCUT2D eigenvalue weighted by molar-refractivity contribution is -0.167. The zero-order valence-electron chi connectivity index (χ0n) is 13.2. The van der Waals surface area contributed by atoms with Crippen molar-refractivity contribution in [1.82, 2.24) is 0 Å². The Labute approximate surface area is 125 Å². The number of hydrogen-bond donors (Lipinski definition) is 0. The molecule has 1 aliphatic heterocycles. The van der Waals surface area contributed by atoms with Crippen molar-refractivity contribution in [3.8, 4) is 0 Å². The number of rotatable bonds is 6. The van der Waals surface area contributed by atoms with Crippen molar-refractivity contribution < 1.29 is 28.4 Å². The predicted octanol–water partition coefficient (Wildman–Crippen LogP) is 1.74. The van der Waals surface area contributed by atoms with E-state index in [0.717, 1.165) is 0 Å². The largest absolute Gasteiger partial charge is 0.462 e. The Hall–Kier alpha value is -1.34. The van der Waals surface area contributed by atoms with Gasteiger partial charge in [-0.2, -0.15) is 0 Å². The van der Waals surface area contributed by atoms with Crippen molar-refractivity contribution in [2.75, 3.05) is 0 Å². The minimum atomic E-state index is -1.09. The number of ether oxygens (including phenoxy) is 2. The van der Waals surface area contributed by atoms with Gasteiger partial charge in [-0.05, 0) is 34.6 Å². The molecule has 1 rings (SSSR count). The zero-order chi connectivity index (χ0) is 16.0. The molecule has 6 nitrogen and oxygen atoms in total. The molecule has 0 aliphatic carbocycles. The molecule has 2 atom stereocenters. The van der Waals surface area contributed by atoms with Gasteiger partial charge in [0.05, 0.1) is 12.2 Å². The van der Waals surface area contributed by atoms with Gasteiger partial charge in [0.2, 0.25) is 0 Å². The van der Waals surface area contributed by atoms with E-state index in [1.54, 1.807) is 27.7 Å². The molecule has 0 radical (unpaired) electrons. The molecule has 7 heteroatoms. The molecule has 0 saturated carbocycles. The molecule has 1 heterocycles. The highest BCUT2D eigenvalue weighted by atomic mass is 16.7. The molecule has 0 aromatic carbocycles. The monoisotopic (exact) mass is 298 g/mol. The summed E-state index contributed by atoms with van der Waals surface area (Å²) in [5.74, 6) is -1.22. The third-order valence-electron chi connectivity index (χ3n) is 2.60. The molecule has 1 saturated heterocycles. The van der Waals surface area contributed by atoms with E-state index in [0.29, 0.717) is 6.32 Å². The van der Waals surface area contributed by atoms with Gasteiger partial charge in [-0.3, -0.25) is 0 Å². The first-order valence-electron chi connectivity index (χ1n) is 7.18. The predicted molar refractivity (Wildman–Crippen MR) is 77.6 cm³/mol. The van der Waals surface area contributed by atoms with Crippen LogP contribution in [0.3, 0.4) is 0 Å². The molecule has 0 N–H and O–H groups in total. The molecule has 1 aliphatic rings. The van der Waals surface area contributed by atoms with Gasteiger partial charge in [-0.25, -0.2) is 9.59 Å². The van der Waals surface area contributed by atoms with Crippen molar-refractivity contribution in [1.29, 1.82) is 0 Å². The second-order valence-corrected chi connectivity index (χ2v) is 5.32. The molecule has 0 aromatic heterocycles. The van der Waals surface area contributed by atoms with Gasteiger partial charge >= 0.3 is 19.1 Å². The number of allylic oxidation sites excluding steroid dienone is 2. The van der Waals surface area contributed by atoms with Crippen LogP contribution >= 0.6 is 0 Å². The van der Waals surface area contributed by atoms with E-state index >= 15 is 0 Å². The van der Waals surface area contributed by atoms with Gasteiger partial charge in [0.15, 0.2) is 12.2 Å². The fourth-order valence-corrected chi connectivity index (χ4v) is 1.82. The van der Waals surface area contributed by atoms with Gasteiger partial charge in [0.25, 0.3) is 0 Å². The van der Waals surface area contributed by atoms with E-state index in [1.165, 1.54) is 0 Å². The van der Waals surface area contributed by atoms with Crippen LogP contribution in [-0.2, 0) is 28.4 Å². The maximum absolute atomic E-state index is 12.0. The van der Waals surface area contributed by atoms with E-state index in [4.69, 9.17) is 18.8 Å². The maximum Gasteiger partial charge on any atom is 0.462 e. The molecule has 0 bridgehead atoms. The number of hydrogen-bond acceptors (Lipinski definition) is 6. The summed E-state index contributed by atoms with van der Waals surface area (Å²) in [7, 11) is -0.657. The first-order chi connectivity index (χ1) is 9.85. The third kappa shape index (κ3) is 5.51. The Morgan fingerprint density at radius 2 is 1.48 bits per heavy atom. The lowest BCUT2D eigenvalue weighted by Crippen LogP contribution is -2.40. The Balaban J connectivity index is 2.78. The summed E-state index contributed by atoms with van der Waals surface area (Å²) < 4.78 is 21.2. The Morgan fingerprint density at radius 1 is 1.05 bits per heavy atom. The first kappa shape index (κ1) is 17.7. The van der Waals surface area contributed by atoms with Crippen molar-refractivity contribution >= 4 is 19.1 Å². The first-order valence-corrected chi connectivity index (χ1v) is 7.18. The minimum Gasteiger partial charge on any atom is -0.461 e. The van der Waals surface area contributed by atoms with Gasteiger partial charge < -0.3 is 18.8 Å². The molecular formula is C14H23BO6. The van der Waals surface area contributed by atoms with Crippen molar-refractivity contribution in [2.24, 2.45) is 0 Å². The summed E-state index contributed by atoms with van der Waals surface area (Å²) in [5, 5.41) is 0. The normalized spacial score (nSPS) is 22.3. The van der Waals surface area contributed by atoms with Crippen LogP contribution in [0.5, 0.6) is 0 Å². The van der Waals surface area contributed by atoms with Crippen LogP contribution in [0.25, 0.3) is 0 Å². The van der Waals surface area contributed by atoms with Crippen molar-refractivity contribution in [3.63, 3.8) is 0 Å². The van der Waals surface area contributed by atoms with Crippen LogP contribution in [0.15, 0.2) is 12.2 Å². The Bertz CT molecular complexity index is 363. The van der Waals surface area contributed by atoms with Gasteiger partial charge in [-0.1, -0.05) is 12.2 Å². The van der Waals surface area contributed by atoms with Gasteiger partial charge in [0.1, 0.15) is 0 Å². The molecule has 0 aromatic rings. The van der Waals surface area contributed by atoms with E-state index in [-0.39, 0.29) is 12.2 Å². The van der Waals surface area contributed by atoms with Crippen LogP contribution in [0.2, 0.25) is 6.32 Å². The minimum absolute atomic E-state index is 0.294. The van der Waals surface area contributed by atoms with Crippen LogP contribution in [-0.4, -0.2) is 43.5 Å². The van der Waals surface area contributed by atoms with E-state index in [1.807, 2.05) is 19.1 Å². The molecule has 0 amide bonds. The molecule has 118 valence electrons. The lowest BCUT2D eigenvalue weighted by atomic mass is 9.85. The topological polar surface area (TPSA) is 71.1 Å². The molecule has 1 fully saturated rings. The summed E-state index contributed by atoms with van der Waals surface area (Å²) >= 11 is 0. The number of carbonyl (C=O) groups excluding carboxylic acids is 2. The SMILES string of the molecule is C/C=C\CB1O[C@@H](C(=O)OC(C)C)[C@H](C(=O)OC(C)C)O1. The Morgan fingerprint density at radius 3 is 1.81 bits per heavy atom. The van der Waals surface area contributed by atoms with Crippen molar-refractivity contribution in [3.05, 3.63) is 12.2 Å². The second kappa shape index (κ2) is 8.19. The third-order valence-corrected chi connectivity index (χ3v) is 2.60. The van der Waals surface area contributed by atoms with E-state index < -0.39 is 31.3 Å². The van der Waals surface area contributed by atoms with E-state index in [2.05, 4.69) is 0 Å². The number of esters is 2. The fourth-order valence-electron chi connectivity index (χ4n) is 1.82. The standard InChI is InChI=1S/C14H23BO6/c1-6-7-8-15-20-11(13(16)18-9(2)3)12(21-15)14(17)19-10(4)5/h6-7,9-12H,8H2,1-5H3/b7-6-/t11-,12-/m1/s1. The quantitative estimate of drug-likeness (QED) is 0.422. The highest BCUT2D eigenvalue weighted by molar-refractivity contribution is 6.46. The average Bonchev–Trinajstić information content (AvgIpc) is 2.79. The average molecular weight is 298 g/mol. The number of carbonyl (C=O) groups is 2. The fraction of sp³-hybridized carbons (Fsp3) is 0.714. The molecular weight excluding hydrogens is 275 g/mol. The van der Waals surface area contributed by atoms with Gasteiger partial charge in [-0.15, -0.1) is 0 Å². The van der Waals surface area contributed by atoms with Crippen LogP contribution in [0, 0.1) is 0 Å². The summed E-state index contributed by atoms with van der Waals surface area (Å²) in [6.45, 7) is 8.78. The summed E-state index contributed by atoms with van der Waals surface area (Å²) in [6.07, 6.45) is 1.37. The molecule has 21 heavy (non-hydrogen) atoms. The highest BCUT2D eigenvalue weighted by Gasteiger charge is 2.48. The summed E-state index contributed by atoms with van der Waals surface area (Å²) in [5.41, 5.74) is 0. The highest BCUT2D eigenvalue weighted by Crippen LogP contribution is 2.23. The molecule has 0 unspecified atom stereocenters. The van der Waals surface area contributed by atoms with E-state index in [9.17, 15) is 9.59 Å². The molecule has 0 spiro atoms. The van der Waals surface area contributed by atoms with Crippen LogP contribution in [0.1, 0.15) is 34.6 Å². The summed E-state index contributed by atoms with van der Waals surface area (Å²) in [4.78, 5) is 24.0. The Kier molecular flexibility index (Phi) is 6.91. The van der Waals surface area contributed by atoms with Gasteiger partial charge in [0, 0.05) is 6.32 Å². The summed E-state index contributed by atoms with van der Waals surface area (Å²) in [6, 6.07) is 0. The zero-order valence-corrected chi connectivity index (χ0v) is 13.2. The van der Waals surface area contributed by atoms with Crippen LogP contribution in [0.4, 0.5) is 0 Å².